The Bertz CT molecular complexity index is 1090. The molecule has 4 nitrogen and oxygen atoms in total. The van der Waals surface area contributed by atoms with Crippen LogP contribution in [-0.2, 0) is 9.84 Å². The van der Waals surface area contributed by atoms with Crippen molar-refractivity contribution < 1.29 is 12.8 Å². The van der Waals surface area contributed by atoms with Crippen LogP contribution >= 0.6 is 11.6 Å². The fourth-order valence-electron chi connectivity index (χ4n) is 3.51. The first kappa shape index (κ1) is 18.2. The number of hydrogen-bond donors (Lipinski definition) is 0. The van der Waals surface area contributed by atoms with Crippen molar-refractivity contribution in [3.8, 4) is 0 Å². The van der Waals surface area contributed by atoms with Crippen LogP contribution in [0.15, 0.2) is 58.5 Å². The van der Waals surface area contributed by atoms with Gasteiger partial charge in [0.1, 0.15) is 10.7 Å². The second-order valence-corrected chi connectivity index (χ2v) is 8.99. The molecule has 0 aliphatic carbocycles. The summed E-state index contributed by atoms with van der Waals surface area (Å²) in [4.78, 5) is 6.57. The molecule has 0 saturated carbocycles. The molecule has 0 atom stereocenters. The summed E-state index contributed by atoms with van der Waals surface area (Å²) in [5.41, 5.74) is 1.11. The molecule has 7 heteroatoms. The first-order valence-electron chi connectivity index (χ1n) is 8.81. The third kappa shape index (κ3) is 3.39. The van der Waals surface area contributed by atoms with E-state index in [0.717, 1.165) is 32.4 Å². The van der Waals surface area contributed by atoms with Gasteiger partial charge in [-0.05, 0) is 61.7 Å². The van der Waals surface area contributed by atoms with Gasteiger partial charge in [0.25, 0.3) is 0 Å². The Balaban J connectivity index is 1.98. The molecular formula is C20H18ClFN2O2S. The third-order valence-electron chi connectivity index (χ3n) is 4.85. The summed E-state index contributed by atoms with van der Waals surface area (Å²) in [6.07, 6.45) is 4.43. The normalized spacial score (nSPS) is 15.3. The van der Waals surface area contributed by atoms with Crippen LogP contribution in [0.4, 0.5) is 10.1 Å². The van der Waals surface area contributed by atoms with Crippen LogP contribution in [0.2, 0.25) is 5.02 Å². The van der Waals surface area contributed by atoms with Gasteiger partial charge in [-0.1, -0.05) is 11.6 Å². The summed E-state index contributed by atoms with van der Waals surface area (Å²) in [5, 5.41) is 0.982. The highest BCUT2D eigenvalue weighted by atomic mass is 35.5. The zero-order valence-electron chi connectivity index (χ0n) is 14.5. The molecule has 27 heavy (non-hydrogen) atoms. The minimum absolute atomic E-state index is 0.102. The molecule has 1 aliphatic heterocycles. The molecule has 140 valence electrons. The van der Waals surface area contributed by atoms with E-state index in [1.165, 1.54) is 30.5 Å². The van der Waals surface area contributed by atoms with Gasteiger partial charge in [-0.2, -0.15) is 0 Å². The number of sulfone groups is 1. The number of nitrogens with zero attached hydrogens (tertiary/aromatic N) is 2. The number of fused-ring (bicyclic) bond motifs is 1. The van der Waals surface area contributed by atoms with Gasteiger partial charge in [0.15, 0.2) is 0 Å². The molecule has 2 heterocycles. The predicted octanol–water partition coefficient (Wildman–Crippen LogP) is 4.85. The van der Waals surface area contributed by atoms with Gasteiger partial charge >= 0.3 is 0 Å². The predicted molar refractivity (Wildman–Crippen MR) is 105 cm³/mol. The number of benzene rings is 2. The molecule has 2 aromatic carbocycles. The van der Waals surface area contributed by atoms with Crippen LogP contribution in [0, 0.1) is 5.82 Å². The van der Waals surface area contributed by atoms with Gasteiger partial charge in [0.2, 0.25) is 9.84 Å². The van der Waals surface area contributed by atoms with Gasteiger partial charge in [-0.25, -0.2) is 12.8 Å². The maximum Gasteiger partial charge on any atom is 0.210 e. The first-order valence-corrected chi connectivity index (χ1v) is 10.7. The molecule has 0 amide bonds. The van der Waals surface area contributed by atoms with Gasteiger partial charge in [0, 0.05) is 29.7 Å². The lowest BCUT2D eigenvalue weighted by Gasteiger charge is -2.31. The van der Waals surface area contributed by atoms with Crippen LogP contribution < -0.4 is 4.90 Å². The molecular weight excluding hydrogens is 387 g/mol. The molecule has 3 aromatic rings. The van der Waals surface area contributed by atoms with Crippen molar-refractivity contribution in [2.45, 2.75) is 29.1 Å². The Morgan fingerprint density at radius 3 is 2.41 bits per heavy atom. The van der Waals surface area contributed by atoms with E-state index in [9.17, 15) is 12.8 Å². The number of hydrogen-bond acceptors (Lipinski definition) is 4. The van der Waals surface area contributed by atoms with Gasteiger partial charge < -0.3 is 4.90 Å². The van der Waals surface area contributed by atoms with Crippen LogP contribution in [0.25, 0.3) is 10.9 Å². The molecule has 0 bridgehead atoms. The quantitative estimate of drug-likeness (QED) is 0.626. The van der Waals surface area contributed by atoms with E-state index >= 15 is 0 Å². The van der Waals surface area contributed by atoms with Crippen molar-refractivity contribution >= 4 is 38.0 Å². The second kappa shape index (κ2) is 7.09. The maximum absolute atomic E-state index is 14.0. The number of piperidine rings is 1. The molecule has 4 rings (SSSR count). The van der Waals surface area contributed by atoms with E-state index in [1.807, 2.05) is 4.90 Å². The van der Waals surface area contributed by atoms with Gasteiger partial charge in [0.05, 0.1) is 16.1 Å². The van der Waals surface area contributed by atoms with E-state index in [-0.39, 0.29) is 9.79 Å². The molecule has 1 aliphatic rings. The number of rotatable bonds is 3. The average Bonchev–Trinajstić information content (AvgIpc) is 2.68. The highest BCUT2D eigenvalue weighted by molar-refractivity contribution is 7.91. The SMILES string of the molecule is O=S(=O)(c1ccc(Cl)cc1)c1cnc2ccc(F)cc2c1N1CCCCC1. The minimum Gasteiger partial charge on any atom is -0.370 e. The topological polar surface area (TPSA) is 50.3 Å². The van der Waals surface area contributed by atoms with Gasteiger partial charge in [-0.3, -0.25) is 4.98 Å². The van der Waals surface area contributed by atoms with Crippen molar-refractivity contribution in [2.75, 3.05) is 18.0 Å². The number of aromatic nitrogens is 1. The summed E-state index contributed by atoms with van der Waals surface area (Å²) >= 11 is 5.90. The van der Waals surface area contributed by atoms with Crippen molar-refractivity contribution in [3.63, 3.8) is 0 Å². The molecule has 0 unspecified atom stereocenters. The van der Waals surface area contributed by atoms with E-state index in [4.69, 9.17) is 11.6 Å². The van der Waals surface area contributed by atoms with Crippen molar-refractivity contribution in [2.24, 2.45) is 0 Å². The molecule has 0 N–H and O–H groups in total. The Morgan fingerprint density at radius 1 is 1.00 bits per heavy atom. The minimum atomic E-state index is -3.83. The largest absolute Gasteiger partial charge is 0.370 e. The van der Waals surface area contributed by atoms with Crippen LogP contribution in [0.1, 0.15) is 19.3 Å². The van der Waals surface area contributed by atoms with Crippen LogP contribution in [0.3, 0.4) is 0 Å². The monoisotopic (exact) mass is 404 g/mol. The van der Waals surface area contributed by atoms with E-state index in [0.29, 0.717) is 21.6 Å². The molecule has 0 spiro atoms. The lowest BCUT2D eigenvalue weighted by Crippen LogP contribution is -2.31. The van der Waals surface area contributed by atoms with E-state index in [2.05, 4.69) is 4.98 Å². The lowest BCUT2D eigenvalue weighted by molar-refractivity contribution is 0.571. The highest BCUT2D eigenvalue weighted by Gasteiger charge is 2.27. The molecule has 1 saturated heterocycles. The fraction of sp³-hybridized carbons (Fsp3) is 0.250. The van der Waals surface area contributed by atoms with Crippen molar-refractivity contribution in [1.29, 1.82) is 0 Å². The summed E-state index contributed by atoms with van der Waals surface area (Å²) in [6, 6.07) is 10.3. The Labute approximate surface area is 162 Å². The van der Waals surface area contributed by atoms with Crippen molar-refractivity contribution in [3.05, 3.63) is 59.5 Å². The number of halogens is 2. The molecule has 1 fully saturated rings. The lowest BCUT2D eigenvalue weighted by atomic mass is 10.1. The Hall–Kier alpha value is -2.18. The maximum atomic E-state index is 14.0. The van der Waals surface area contributed by atoms with Crippen LogP contribution in [-0.4, -0.2) is 26.5 Å². The zero-order valence-corrected chi connectivity index (χ0v) is 16.1. The number of anilines is 1. The third-order valence-corrected chi connectivity index (χ3v) is 6.88. The van der Waals surface area contributed by atoms with E-state index < -0.39 is 15.7 Å². The molecule has 0 radical (unpaired) electrons. The standard InChI is InChI=1S/C20H18ClFN2O2S/c21-14-4-7-16(8-5-14)27(25,26)19-13-23-18-9-6-15(22)12-17(18)20(19)24-10-2-1-3-11-24/h4-9,12-13H,1-3,10-11H2. The zero-order chi connectivity index (χ0) is 19.0. The average molecular weight is 405 g/mol. The summed E-state index contributed by atoms with van der Waals surface area (Å²) in [5.74, 6) is -0.413. The summed E-state index contributed by atoms with van der Waals surface area (Å²) < 4.78 is 40.6. The fourth-order valence-corrected chi connectivity index (χ4v) is 5.07. The second-order valence-electron chi connectivity index (χ2n) is 6.64. The van der Waals surface area contributed by atoms with Crippen molar-refractivity contribution in [1.82, 2.24) is 4.98 Å². The van der Waals surface area contributed by atoms with Gasteiger partial charge in [-0.15, -0.1) is 0 Å². The van der Waals surface area contributed by atoms with E-state index in [1.54, 1.807) is 18.2 Å². The highest BCUT2D eigenvalue weighted by Crippen LogP contribution is 2.37. The van der Waals surface area contributed by atoms with Crippen LogP contribution in [0.5, 0.6) is 0 Å². The Kier molecular flexibility index (Phi) is 4.78. The first-order chi connectivity index (χ1) is 13.0. The number of pyridine rings is 1. The summed E-state index contributed by atoms with van der Waals surface area (Å²) in [6.45, 7) is 1.47. The molecule has 1 aromatic heterocycles. The smallest absolute Gasteiger partial charge is 0.210 e. The summed E-state index contributed by atoms with van der Waals surface area (Å²) in [7, 11) is -3.83. The Morgan fingerprint density at radius 2 is 1.70 bits per heavy atom.